The van der Waals surface area contributed by atoms with Crippen LogP contribution < -0.4 is 5.32 Å². The molecular formula is C19H37N3O4. The van der Waals surface area contributed by atoms with Crippen molar-refractivity contribution in [2.24, 2.45) is 0 Å². The summed E-state index contributed by atoms with van der Waals surface area (Å²) in [6.07, 6.45) is 1.88. The van der Waals surface area contributed by atoms with E-state index < -0.39 is 11.2 Å². The summed E-state index contributed by atoms with van der Waals surface area (Å²) in [5, 5.41) is 3.36. The normalized spacial score (nSPS) is 18.5. The molecule has 1 heterocycles. The lowest BCUT2D eigenvalue weighted by Crippen LogP contribution is -2.42. The second kappa shape index (κ2) is 10.00. The Labute approximate surface area is 158 Å². The highest BCUT2D eigenvalue weighted by molar-refractivity contribution is 5.68. The average molecular weight is 372 g/mol. The predicted octanol–water partition coefficient (Wildman–Crippen LogP) is 3.23. The SMILES string of the molecule is CC(C)(C)OC(=O)N1CCCNCCCN(C(=O)OC(C)(C)C)CCC1. The lowest BCUT2D eigenvalue weighted by atomic mass is 10.2. The van der Waals surface area contributed by atoms with Gasteiger partial charge in [-0.25, -0.2) is 9.59 Å². The molecule has 0 aromatic rings. The Kier molecular flexibility index (Phi) is 8.67. The molecule has 1 aliphatic rings. The number of hydrogen-bond acceptors (Lipinski definition) is 5. The second-order valence-corrected chi connectivity index (χ2v) is 8.75. The average Bonchev–Trinajstić information content (AvgIpc) is 2.43. The largest absolute Gasteiger partial charge is 0.444 e. The van der Waals surface area contributed by atoms with Gasteiger partial charge in [0.05, 0.1) is 0 Å². The van der Waals surface area contributed by atoms with Crippen molar-refractivity contribution in [3.8, 4) is 0 Å². The van der Waals surface area contributed by atoms with E-state index in [1.165, 1.54) is 0 Å². The molecule has 0 aromatic carbocycles. The molecule has 26 heavy (non-hydrogen) atoms. The molecule has 1 fully saturated rings. The summed E-state index contributed by atoms with van der Waals surface area (Å²) in [7, 11) is 0. The molecule has 0 bridgehead atoms. The molecule has 0 saturated carbocycles. The lowest BCUT2D eigenvalue weighted by molar-refractivity contribution is 0.0199. The fourth-order valence-electron chi connectivity index (χ4n) is 2.61. The van der Waals surface area contributed by atoms with E-state index in [1.807, 2.05) is 41.5 Å². The third-order valence-corrected chi connectivity index (χ3v) is 3.72. The van der Waals surface area contributed by atoms with E-state index in [-0.39, 0.29) is 12.2 Å². The van der Waals surface area contributed by atoms with Gasteiger partial charge in [-0.2, -0.15) is 0 Å². The fraction of sp³-hybridized carbons (Fsp3) is 0.895. The summed E-state index contributed by atoms with van der Waals surface area (Å²) >= 11 is 0. The summed E-state index contributed by atoms with van der Waals surface area (Å²) in [5.41, 5.74) is -1.02. The van der Waals surface area contributed by atoms with Crippen molar-refractivity contribution < 1.29 is 19.1 Å². The van der Waals surface area contributed by atoms with Crippen molar-refractivity contribution in [1.29, 1.82) is 0 Å². The van der Waals surface area contributed by atoms with Gasteiger partial charge in [0.25, 0.3) is 0 Å². The quantitative estimate of drug-likeness (QED) is 0.708. The Morgan fingerprint density at radius 3 is 1.38 bits per heavy atom. The van der Waals surface area contributed by atoms with Crippen LogP contribution in [-0.2, 0) is 9.47 Å². The van der Waals surface area contributed by atoms with E-state index >= 15 is 0 Å². The van der Waals surface area contributed by atoms with Crippen molar-refractivity contribution in [2.75, 3.05) is 39.3 Å². The number of carbonyl (C=O) groups is 2. The van der Waals surface area contributed by atoms with Crippen LogP contribution in [-0.4, -0.2) is 72.5 Å². The van der Waals surface area contributed by atoms with E-state index in [9.17, 15) is 9.59 Å². The van der Waals surface area contributed by atoms with Gasteiger partial charge in [-0.15, -0.1) is 0 Å². The maximum Gasteiger partial charge on any atom is 0.410 e. The summed E-state index contributed by atoms with van der Waals surface area (Å²) in [4.78, 5) is 28.3. The van der Waals surface area contributed by atoms with Gasteiger partial charge in [-0.1, -0.05) is 0 Å². The van der Waals surface area contributed by atoms with E-state index in [0.29, 0.717) is 32.6 Å². The Hall–Kier alpha value is -1.50. The van der Waals surface area contributed by atoms with E-state index in [2.05, 4.69) is 5.32 Å². The first kappa shape index (κ1) is 22.5. The van der Waals surface area contributed by atoms with Crippen LogP contribution in [0.1, 0.15) is 60.8 Å². The maximum absolute atomic E-state index is 12.4. The molecular weight excluding hydrogens is 334 g/mol. The number of nitrogens with zero attached hydrogens (tertiary/aromatic N) is 2. The van der Waals surface area contributed by atoms with Gasteiger partial charge in [0.15, 0.2) is 0 Å². The Morgan fingerprint density at radius 1 is 0.692 bits per heavy atom. The minimum atomic E-state index is -0.512. The fourth-order valence-corrected chi connectivity index (χ4v) is 2.61. The number of nitrogens with one attached hydrogen (secondary N) is 1. The Bertz CT molecular complexity index is 415. The molecule has 0 unspecified atom stereocenters. The smallest absolute Gasteiger partial charge is 0.410 e. The third kappa shape index (κ3) is 9.85. The zero-order chi connectivity index (χ0) is 19.8. The first-order valence-electron chi connectivity index (χ1n) is 9.64. The number of rotatable bonds is 0. The lowest BCUT2D eigenvalue weighted by Gasteiger charge is -2.30. The molecule has 2 amide bonds. The number of amides is 2. The third-order valence-electron chi connectivity index (χ3n) is 3.72. The van der Waals surface area contributed by atoms with E-state index in [1.54, 1.807) is 9.80 Å². The molecule has 1 rings (SSSR count). The van der Waals surface area contributed by atoms with Gasteiger partial charge < -0.3 is 24.6 Å². The van der Waals surface area contributed by atoms with Crippen molar-refractivity contribution in [3.05, 3.63) is 0 Å². The maximum atomic E-state index is 12.4. The van der Waals surface area contributed by atoms with Crippen LogP contribution in [0.25, 0.3) is 0 Å². The van der Waals surface area contributed by atoms with E-state index in [4.69, 9.17) is 9.47 Å². The van der Waals surface area contributed by atoms with Gasteiger partial charge in [0.1, 0.15) is 11.2 Å². The molecule has 0 aliphatic carbocycles. The van der Waals surface area contributed by atoms with Crippen molar-refractivity contribution >= 4 is 12.2 Å². The monoisotopic (exact) mass is 371 g/mol. The molecule has 0 atom stereocenters. The Morgan fingerprint density at radius 2 is 1.04 bits per heavy atom. The molecule has 1 saturated heterocycles. The molecule has 0 aromatic heterocycles. The van der Waals surface area contributed by atoms with Gasteiger partial charge in [0.2, 0.25) is 0 Å². The van der Waals surface area contributed by atoms with Crippen LogP contribution in [0.5, 0.6) is 0 Å². The number of carbonyl (C=O) groups excluding carboxylic acids is 2. The zero-order valence-electron chi connectivity index (χ0n) is 17.4. The van der Waals surface area contributed by atoms with Gasteiger partial charge in [-0.3, -0.25) is 0 Å². The van der Waals surface area contributed by atoms with Crippen molar-refractivity contribution in [3.63, 3.8) is 0 Å². The molecule has 7 heteroatoms. The molecule has 7 nitrogen and oxygen atoms in total. The van der Waals surface area contributed by atoms with Crippen LogP contribution in [0.3, 0.4) is 0 Å². The highest BCUT2D eigenvalue weighted by Gasteiger charge is 2.24. The molecule has 152 valence electrons. The minimum Gasteiger partial charge on any atom is -0.444 e. The number of hydrogen-bond donors (Lipinski definition) is 1. The zero-order valence-corrected chi connectivity index (χ0v) is 17.4. The Balaban J connectivity index is 2.69. The summed E-state index contributed by atoms with van der Waals surface area (Å²) in [6, 6.07) is 0. The predicted molar refractivity (Wildman–Crippen MR) is 102 cm³/mol. The highest BCUT2D eigenvalue weighted by atomic mass is 16.6. The van der Waals surface area contributed by atoms with Crippen LogP contribution in [0, 0.1) is 0 Å². The molecule has 1 N–H and O–H groups in total. The topological polar surface area (TPSA) is 71.1 Å². The van der Waals surface area contributed by atoms with Gasteiger partial charge >= 0.3 is 12.2 Å². The van der Waals surface area contributed by atoms with Crippen molar-refractivity contribution in [1.82, 2.24) is 15.1 Å². The first-order valence-corrected chi connectivity index (χ1v) is 9.64. The van der Waals surface area contributed by atoms with Gasteiger partial charge in [-0.05, 0) is 73.9 Å². The summed E-state index contributed by atoms with van der Waals surface area (Å²) < 4.78 is 11.0. The molecule has 0 radical (unpaired) electrons. The summed E-state index contributed by atoms with van der Waals surface area (Å²) in [6.45, 7) is 15.3. The molecule has 1 aliphatic heterocycles. The van der Waals surface area contributed by atoms with Crippen molar-refractivity contribution in [2.45, 2.75) is 72.0 Å². The van der Waals surface area contributed by atoms with Crippen LogP contribution in [0.4, 0.5) is 9.59 Å². The minimum absolute atomic E-state index is 0.293. The molecule has 0 spiro atoms. The van der Waals surface area contributed by atoms with E-state index in [0.717, 1.165) is 25.9 Å². The highest BCUT2D eigenvalue weighted by Crippen LogP contribution is 2.13. The first-order chi connectivity index (χ1) is 12.0. The summed E-state index contributed by atoms with van der Waals surface area (Å²) in [5.74, 6) is 0. The second-order valence-electron chi connectivity index (χ2n) is 8.75. The standard InChI is InChI=1S/C19H37N3O4/c1-18(2,3)25-16(23)21-12-7-10-20-11-8-13-22(15-9-14-21)17(24)26-19(4,5)6/h20H,7-15H2,1-6H3. The van der Waals surface area contributed by atoms with Crippen LogP contribution in [0.15, 0.2) is 0 Å². The van der Waals surface area contributed by atoms with Crippen LogP contribution >= 0.6 is 0 Å². The van der Waals surface area contributed by atoms with Crippen LogP contribution in [0.2, 0.25) is 0 Å². The van der Waals surface area contributed by atoms with Gasteiger partial charge in [0, 0.05) is 26.2 Å². The number of ether oxygens (including phenoxy) is 2.